The normalized spacial score (nSPS) is 11.6. The Hall–Kier alpha value is -7.86. The largest absolute Gasteiger partial charge is 0.455 e. The lowest BCUT2D eigenvalue weighted by molar-refractivity contribution is 0.673. The Balaban J connectivity index is 1.25. The van der Waals surface area contributed by atoms with Crippen LogP contribution in [-0.2, 0) is 0 Å². The van der Waals surface area contributed by atoms with Crippen LogP contribution >= 0.6 is 0 Å². The first kappa shape index (κ1) is 30.7. The van der Waals surface area contributed by atoms with Gasteiger partial charge in [-0.05, 0) is 77.9 Å². The van der Waals surface area contributed by atoms with E-state index in [2.05, 4.69) is 143 Å². The molecular weight excluding hydrogens is 673 g/mol. The smallest absolute Gasteiger partial charge is 0.145 e. The highest BCUT2D eigenvalue weighted by Crippen LogP contribution is 2.43. The second-order valence-electron chi connectivity index (χ2n) is 13.9. The van der Waals surface area contributed by atoms with Crippen molar-refractivity contribution in [3.63, 3.8) is 0 Å². The lowest BCUT2D eigenvalue weighted by atomic mass is 9.92. The Kier molecular flexibility index (Phi) is 6.61. The van der Waals surface area contributed by atoms with Crippen LogP contribution in [0.25, 0.3) is 99.2 Å². The van der Waals surface area contributed by atoms with Crippen LogP contribution in [0.15, 0.2) is 174 Å². The second-order valence-corrected chi connectivity index (χ2v) is 13.9. The average molecular weight is 701 g/mol. The molecule has 0 fully saturated rings. The van der Waals surface area contributed by atoms with Crippen LogP contribution in [-0.4, -0.2) is 9.13 Å². The number of fused-ring (bicyclic) bond motifs is 10. The van der Waals surface area contributed by atoms with E-state index in [-0.39, 0.29) is 0 Å². The molecule has 254 valence electrons. The summed E-state index contributed by atoms with van der Waals surface area (Å²) in [5.74, 6) is 0. The summed E-state index contributed by atoms with van der Waals surface area (Å²) in [5.41, 5.74) is 12.4. The van der Waals surface area contributed by atoms with Crippen LogP contribution in [0.3, 0.4) is 0 Å². The van der Waals surface area contributed by atoms with Crippen molar-refractivity contribution in [3.05, 3.63) is 181 Å². The van der Waals surface area contributed by atoms with E-state index in [0.29, 0.717) is 11.1 Å². The second kappa shape index (κ2) is 11.8. The van der Waals surface area contributed by atoms with Gasteiger partial charge in [0.15, 0.2) is 0 Å². The summed E-state index contributed by atoms with van der Waals surface area (Å²) in [5, 5.41) is 27.2. The van der Waals surface area contributed by atoms with Crippen LogP contribution in [0.5, 0.6) is 0 Å². The fraction of sp³-hybridized carbons (Fsp3) is 0. The third-order valence-electron chi connectivity index (χ3n) is 11.0. The van der Waals surface area contributed by atoms with E-state index < -0.39 is 0 Å². The summed E-state index contributed by atoms with van der Waals surface area (Å²) in [6.07, 6.45) is 0. The summed E-state index contributed by atoms with van der Waals surface area (Å²) >= 11 is 0. The molecule has 3 heterocycles. The molecule has 0 saturated carbocycles. The Labute approximate surface area is 315 Å². The number of benzene rings is 8. The van der Waals surface area contributed by atoms with Gasteiger partial charge in [0.2, 0.25) is 0 Å². The van der Waals surface area contributed by atoms with E-state index in [1.807, 2.05) is 48.5 Å². The van der Waals surface area contributed by atoms with Crippen LogP contribution in [0.4, 0.5) is 0 Å². The first-order valence-corrected chi connectivity index (χ1v) is 18.2. The Bertz CT molecular complexity index is 3420. The maximum atomic E-state index is 10.6. The van der Waals surface area contributed by atoms with Gasteiger partial charge in [-0.3, -0.25) is 0 Å². The highest BCUT2D eigenvalue weighted by Gasteiger charge is 2.22. The molecule has 5 heteroatoms. The molecule has 0 spiro atoms. The molecule has 0 N–H and O–H groups in total. The van der Waals surface area contributed by atoms with E-state index in [9.17, 15) is 10.5 Å². The van der Waals surface area contributed by atoms with Crippen LogP contribution < -0.4 is 0 Å². The molecule has 3 aromatic heterocycles. The number of nitrogens with zero attached hydrogens (tertiary/aromatic N) is 4. The fourth-order valence-electron chi connectivity index (χ4n) is 8.63. The van der Waals surface area contributed by atoms with Crippen molar-refractivity contribution in [1.82, 2.24) is 9.13 Å². The van der Waals surface area contributed by atoms with Crippen molar-refractivity contribution in [2.75, 3.05) is 0 Å². The molecule has 0 aliphatic carbocycles. The first-order chi connectivity index (χ1) is 27.2. The van der Waals surface area contributed by atoms with Crippen LogP contribution in [0.1, 0.15) is 11.1 Å². The Morgan fingerprint density at radius 1 is 0.418 bits per heavy atom. The van der Waals surface area contributed by atoms with Gasteiger partial charge in [0.05, 0.1) is 56.4 Å². The van der Waals surface area contributed by atoms with E-state index in [1.54, 1.807) is 0 Å². The van der Waals surface area contributed by atoms with Gasteiger partial charge in [0.25, 0.3) is 0 Å². The zero-order chi connectivity index (χ0) is 36.6. The standard InChI is InChI=1S/C50H28N4O/c51-29-32-11-1-2-12-35(32)31-21-22-33(30-52)42(27-31)38-24-23-34(28-47(38)54-43-17-7-3-13-36(43)37-14-4-8-18-44(37)54)53-45-19-9-5-16-41(45)49-46(53)26-25-40-39-15-6-10-20-48(39)55-50(40)49/h1-28H. The molecule has 0 amide bonds. The molecule has 11 aromatic rings. The van der Waals surface area contributed by atoms with E-state index >= 15 is 0 Å². The van der Waals surface area contributed by atoms with E-state index in [0.717, 1.165) is 99.2 Å². The number of hydrogen-bond acceptors (Lipinski definition) is 3. The molecule has 0 saturated heterocycles. The molecule has 0 bridgehead atoms. The topological polar surface area (TPSA) is 70.6 Å². The van der Waals surface area contributed by atoms with E-state index in [4.69, 9.17) is 4.42 Å². The molecular formula is C50H28N4O. The van der Waals surface area contributed by atoms with Gasteiger partial charge in [-0.1, -0.05) is 103 Å². The van der Waals surface area contributed by atoms with E-state index in [1.165, 1.54) is 0 Å². The van der Waals surface area contributed by atoms with Crippen LogP contribution in [0, 0.1) is 22.7 Å². The van der Waals surface area contributed by atoms with Gasteiger partial charge in [-0.25, -0.2) is 0 Å². The lowest BCUT2D eigenvalue weighted by Crippen LogP contribution is -2.02. The third-order valence-corrected chi connectivity index (χ3v) is 11.0. The summed E-state index contributed by atoms with van der Waals surface area (Å²) in [4.78, 5) is 0. The molecule has 5 nitrogen and oxygen atoms in total. The zero-order valence-electron chi connectivity index (χ0n) is 29.4. The predicted molar refractivity (Wildman–Crippen MR) is 223 cm³/mol. The Morgan fingerprint density at radius 2 is 1.04 bits per heavy atom. The van der Waals surface area contributed by atoms with Gasteiger partial charge in [-0.15, -0.1) is 0 Å². The van der Waals surface area contributed by atoms with Crippen molar-refractivity contribution in [2.45, 2.75) is 0 Å². The first-order valence-electron chi connectivity index (χ1n) is 18.2. The number of aromatic nitrogens is 2. The molecule has 0 aliphatic rings. The highest BCUT2D eigenvalue weighted by atomic mass is 16.3. The van der Waals surface area contributed by atoms with Crippen LogP contribution in [0.2, 0.25) is 0 Å². The average Bonchev–Trinajstić information content (AvgIpc) is 3.91. The van der Waals surface area contributed by atoms with Crippen molar-refractivity contribution in [2.24, 2.45) is 0 Å². The SMILES string of the molecule is N#Cc1ccccc1-c1ccc(C#N)c(-c2ccc(-n3c4ccccc4c4c5oc6ccccc6c5ccc43)cc2-n2c3ccccc3c3ccccc32)c1. The monoisotopic (exact) mass is 700 g/mol. The molecule has 0 radical (unpaired) electrons. The zero-order valence-corrected chi connectivity index (χ0v) is 29.4. The predicted octanol–water partition coefficient (Wildman–Crippen LogP) is 12.9. The van der Waals surface area contributed by atoms with Gasteiger partial charge >= 0.3 is 0 Å². The third kappa shape index (κ3) is 4.45. The number of para-hydroxylation sites is 4. The molecule has 0 atom stereocenters. The molecule has 55 heavy (non-hydrogen) atoms. The fourth-order valence-corrected chi connectivity index (χ4v) is 8.63. The minimum Gasteiger partial charge on any atom is -0.455 e. The Morgan fingerprint density at radius 3 is 1.78 bits per heavy atom. The van der Waals surface area contributed by atoms with Crippen molar-refractivity contribution in [1.29, 1.82) is 10.5 Å². The lowest BCUT2D eigenvalue weighted by Gasteiger charge is -2.19. The molecule has 0 unspecified atom stereocenters. The van der Waals surface area contributed by atoms with Crippen molar-refractivity contribution < 1.29 is 4.42 Å². The summed E-state index contributed by atoms with van der Waals surface area (Å²) in [7, 11) is 0. The highest BCUT2D eigenvalue weighted by molar-refractivity contribution is 6.24. The maximum Gasteiger partial charge on any atom is 0.145 e. The van der Waals surface area contributed by atoms with Gasteiger partial charge in [-0.2, -0.15) is 10.5 Å². The quantitative estimate of drug-likeness (QED) is 0.183. The summed E-state index contributed by atoms with van der Waals surface area (Å²) in [6.45, 7) is 0. The van der Waals surface area contributed by atoms with Gasteiger partial charge in [0, 0.05) is 43.7 Å². The molecule has 8 aromatic carbocycles. The number of furan rings is 1. The van der Waals surface area contributed by atoms with Gasteiger partial charge < -0.3 is 13.6 Å². The molecule has 11 rings (SSSR count). The summed E-state index contributed by atoms with van der Waals surface area (Å²) < 4.78 is 11.2. The number of hydrogen-bond donors (Lipinski definition) is 0. The molecule has 0 aliphatic heterocycles. The van der Waals surface area contributed by atoms with Gasteiger partial charge in [0.1, 0.15) is 11.2 Å². The maximum absolute atomic E-state index is 10.6. The van der Waals surface area contributed by atoms with Crippen molar-refractivity contribution >= 4 is 65.6 Å². The van der Waals surface area contributed by atoms with Crippen molar-refractivity contribution in [3.8, 4) is 45.8 Å². The number of rotatable bonds is 4. The number of nitriles is 2. The minimum atomic E-state index is 0.553. The summed E-state index contributed by atoms with van der Waals surface area (Å²) in [6, 6.07) is 62.9. The minimum absolute atomic E-state index is 0.553.